The van der Waals surface area contributed by atoms with Crippen molar-refractivity contribution in [2.24, 2.45) is 5.92 Å². The van der Waals surface area contributed by atoms with Crippen LogP contribution in [0.25, 0.3) is 0 Å². The maximum atomic E-state index is 12.5. The molecule has 6 nitrogen and oxygen atoms in total. The molecule has 0 heterocycles. The molecule has 0 bridgehead atoms. The lowest BCUT2D eigenvalue weighted by Crippen LogP contribution is -2.43. The van der Waals surface area contributed by atoms with Crippen molar-refractivity contribution in [3.63, 3.8) is 0 Å². The first-order valence-electron chi connectivity index (χ1n) is 8.98. The van der Waals surface area contributed by atoms with E-state index in [0.717, 1.165) is 16.5 Å². The average molecular weight is 447 g/mol. The van der Waals surface area contributed by atoms with Crippen molar-refractivity contribution in [1.82, 2.24) is 10.9 Å². The van der Waals surface area contributed by atoms with Gasteiger partial charge in [0.1, 0.15) is 0 Å². The Balaban J connectivity index is 1.87. The maximum Gasteiger partial charge on any atom is 0.314 e. The summed E-state index contributed by atoms with van der Waals surface area (Å²) in [4.78, 5) is 36.4. The van der Waals surface area contributed by atoms with Gasteiger partial charge < -0.3 is 4.74 Å². The number of nitrogens with one attached hydrogen (secondary N) is 2. The fourth-order valence-corrected chi connectivity index (χ4v) is 2.92. The van der Waals surface area contributed by atoms with Gasteiger partial charge in [-0.2, -0.15) is 0 Å². The molecule has 28 heavy (non-hydrogen) atoms. The SMILES string of the molecule is CCC(C)C(C(=O)OCC(=O)NNC(=O)c1ccc(Br)cc1)c1ccccc1. The Labute approximate surface area is 172 Å². The Morgan fingerprint density at radius 2 is 1.64 bits per heavy atom. The van der Waals surface area contributed by atoms with Crippen molar-refractivity contribution in [2.75, 3.05) is 6.61 Å². The van der Waals surface area contributed by atoms with Crippen LogP contribution in [-0.2, 0) is 14.3 Å². The van der Waals surface area contributed by atoms with Crippen LogP contribution in [0, 0.1) is 5.92 Å². The Morgan fingerprint density at radius 1 is 1.00 bits per heavy atom. The highest BCUT2D eigenvalue weighted by Crippen LogP contribution is 2.28. The summed E-state index contributed by atoms with van der Waals surface area (Å²) in [6, 6.07) is 16.0. The molecular formula is C21H23BrN2O4. The van der Waals surface area contributed by atoms with Crippen LogP contribution >= 0.6 is 15.9 Å². The predicted molar refractivity (Wildman–Crippen MR) is 109 cm³/mol. The number of hydrogen-bond acceptors (Lipinski definition) is 4. The largest absolute Gasteiger partial charge is 0.455 e. The topological polar surface area (TPSA) is 84.5 Å². The molecule has 2 N–H and O–H groups in total. The molecule has 0 fully saturated rings. The molecule has 2 atom stereocenters. The van der Waals surface area contributed by atoms with Gasteiger partial charge in [-0.3, -0.25) is 25.2 Å². The minimum absolute atomic E-state index is 0.0649. The molecule has 7 heteroatoms. The normalized spacial score (nSPS) is 12.5. The maximum absolute atomic E-state index is 12.5. The first kappa shape index (κ1) is 21.6. The van der Waals surface area contributed by atoms with Gasteiger partial charge in [0.2, 0.25) is 0 Å². The van der Waals surface area contributed by atoms with Crippen LogP contribution in [0.5, 0.6) is 0 Å². The van der Waals surface area contributed by atoms with E-state index >= 15 is 0 Å². The number of halogens is 1. The third-order valence-electron chi connectivity index (χ3n) is 4.39. The molecule has 0 radical (unpaired) electrons. The molecule has 0 saturated heterocycles. The third-order valence-corrected chi connectivity index (χ3v) is 4.92. The van der Waals surface area contributed by atoms with Crippen LogP contribution in [0.15, 0.2) is 59.1 Å². The molecule has 0 aromatic heterocycles. The van der Waals surface area contributed by atoms with Gasteiger partial charge in [-0.1, -0.05) is 66.5 Å². The van der Waals surface area contributed by atoms with Gasteiger partial charge in [-0.15, -0.1) is 0 Å². The molecule has 2 unspecified atom stereocenters. The summed E-state index contributed by atoms with van der Waals surface area (Å²) < 4.78 is 6.03. The summed E-state index contributed by atoms with van der Waals surface area (Å²) in [5, 5.41) is 0. The molecule has 0 aliphatic rings. The second-order valence-corrected chi connectivity index (χ2v) is 7.31. The molecule has 0 spiro atoms. The van der Waals surface area contributed by atoms with Crippen LogP contribution in [0.3, 0.4) is 0 Å². The van der Waals surface area contributed by atoms with Gasteiger partial charge in [0.25, 0.3) is 11.8 Å². The zero-order valence-electron chi connectivity index (χ0n) is 15.8. The summed E-state index contributed by atoms with van der Waals surface area (Å²) in [5.74, 6) is -1.93. The van der Waals surface area contributed by atoms with E-state index in [4.69, 9.17) is 4.74 Å². The summed E-state index contributed by atoms with van der Waals surface area (Å²) in [6.45, 7) is 3.49. The molecule has 0 aliphatic carbocycles. The predicted octanol–water partition coefficient (Wildman–Crippen LogP) is 3.58. The molecule has 2 aromatic rings. The van der Waals surface area contributed by atoms with E-state index in [9.17, 15) is 14.4 Å². The summed E-state index contributed by atoms with van der Waals surface area (Å²) in [7, 11) is 0. The highest BCUT2D eigenvalue weighted by Gasteiger charge is 2.27. The van der Waals surface area contributed by atoms with Crippen LogP contribution < -0.4 is 10.9 Å². The molecular weight excluding hydrogens is 424 g/mol. The highest BCUT2D eigenvalue weighted by molar-refractivity contribution is 9.10. The number of amides is 2. The van der Waals surface area contributed by atoms with Crippen molar-refractivity contribution in [1.29, 1.82) is 0 Å². The zero-order chi connectivity index (χ0) is 20.5. The number of rotatable bonds is 7. The summed E-state index contributed by atoms with van der Waals surface area (Å²) >= 11 is 3.28. The third kappa shape index (κ3) is 6.20. The minimum Gasteiger partial charge on any atom is -0.455 e. The number of carbonyl (C=O) groups is 3. The average Bonchev–Trinajstić information content (AvgIpc) is 2.71. The van der Waals surface area contributed by atoms with Gasteiger partial charge >= 0.3 is 5.97 Å². The number of carbonyl (C=O) groups excluding carboxylic acids is 3. The molecule has 2 aromatic carbocycles. The fourth-order valence-electron chi connectivity index (χ4n) is 2.66. The molecule has 0 aliphatic heterocycles. The monoisotopic (exact) mass is 446 g/mol. The Hall–Kier alpha value is -2.67. The number of esters is 1. The number of benzene rings is 2. The van der Waals surface area contributed by atoms with Crippen LogP contribution in [0.2, 0.25) is 0 Å². The lowest BCUT2D eigenvalue weighted by molar-refractivity contribution is -0.151. The number of ether oxygens (including phenoxy) is 1. The van der Waals surface area contributed by atoms with E-state index in [-0.39, 0.29) is 5.92 Å². The summed E-state index contributed by atoms with van der Waals surface area (Å²) in [5.41, 5.74) is 5.78. The second kappa shape index (κ2) is 10.6. The van der Waals surface area contributed by atoms with Gasteiger partial charge in [0, 0.05) is 10.0 Å². The molecule has 148 valence electrons. The van der Waals surface area contributed by atoms with Crippen molar-refractivity contribution in [3.8, 4) is 0 Å². The Kier molecular flexibility index (Phi) is 8.19. The van der Waals surface area contributed by atoms with Gasteiger partial charge in [0.15, 0.2) is 6.61 Å². The lowest BCUT2D eigenvalue weighted by Gasteiger charge is -2.21. The van der Waals surface area contributed by atoms with Crippen LogP contribution in [-0.4, -0.2) is 24.4 Å². The van der Waals surface area contributed by atoms with Gasteiger partial charge in [-0.05, 0) is 35.7 Å². The smallest absolute Gasteiger partial charge is 0.314 e. The Morgan fingerprint density at radius 3 is 2.25 bits per heavy atom. The van der Waals surface area contributed by atoms with Crippen molar-refractivity contribution < 1.29 is 19.1 Å². The standard InChI is InChI=1S/C21H23BrN2O4/c1-3-14(2)19(15-7-5-4-6-8-15)21(27)28-13-18(25)23-24-20(26)16-9-11-17(22)12-10-16/h4-12,14,19H,3,13H2,1-2H3,(H,23,25)(H,24,26). The van der Waals surface area contributed by atoms with Crippen LogP contribution in [0.1, 0.15) is 42.1 Å². The molecule has 2 rings (SSSR count). The van der Waals surface area contributed by atoms with E-state index in [0.29, 0.717) is 5.56 Å². The van der Waals surface area contributed by atoms with Crippen molar-refractivity contribution >= 4 is 33.7 Å². The fraction of sp³-hybridized carbons (Fsp3) is 0.286. The minimum atomic E-state index is -0.616. The highest BCUT2D eigenvalue weighted by atomic mass is 79.9. The van der Waals surface area contributed by atoms with Gasteiger partial charge in [0.05, 0.1) is 5.92 Å². The van der Waals surface area contributed by atoms with E-state index in [1.165, 1.54) is 0 Å². The first-order chi connectivity index (χ1) is 13.4. The second-order valence-electron chi connectivity index (χ2n) is 6.39. The van der Waals surface area contributed by atoms with Crippen molar-refractivity contribution in [2.45, 2.75) is 26.2 Å². The van der Waals surface area contributed by atoms with Crippen LogP contribution in [0.4, 0.5) is 0 Å². The Bertz CT molecular complexity index is 809. The van der Waals surface area contributed by atoms with Crippen molar-refractivity contribution in [3.05, 3.63) is 70.2 Å². The van der Waals surface area contributed by atoms with Gasteiger partial charge in [-0.25, -0.2) is 0 Å². The zero-order valence-corrected chi connectivity index (χ0v) is 17.4. The van der Waals surface area contributed by atoms with E-state index < -0.39 is 30.3 Å². The van der Waals surface area contributed by atoms with E-state index in [1.807, 2.05) is 44.2 Å². The molecule has 2 amide bonds. The first-order valence-corrected chi connectivity index (χ1v) is 9.78. The van der Waals surface area contributed by atoms with E-state index in [2.05, 4.69) is 26.8 Å². The quantitative estimate of drug-likeness (QED) is 0.502. The summed E-state index contributed by atoms with van der Waals surface area (Å²) in [6.07, 6.45) is 0.796. The molecule has 0 saturated carbocycles. The van der Waals surface area contributed by atoms with E-state index in [1.54, 1.807) is 24.3 Å². The lowest BCUT2D eigenvalue weighted by atomic mass is 9.86. The number of hydrazine groups is 1. The number of hydrogen-bond donors (Lipinski definition) is 2.